The van der Waals surface area contributed by atoms with E-state index in [1.807, 2.05) is 0 Å². The summed E-state index contributed by atoms with van der Waals surface area (Å²) in [7, 11) is 6.52. The summed E-state index contributed by atoms with van der Waals surface area (Å²) in [6.07, 6.45) is -3.99. The van der Waals surface area contributed by atoms with Crippen LogP contribution in [0.3, 0.4) is 0 Å². The molecule has 1 aromatic carbocycles. The second-order valence-corrected chi connectivity index (χ2v) is 11.1. The quantitative estimate of drug-likeness (QED) is 0.118. The van der Waals surface area contributed by atoms with Crippen LogP contribution in [0.4, 0.5) is 0 Å². The van der Waals surface area contributed by atoms with Gasteiger partial charge in [0.15, 0.2) is 11.4 Å². The fourth-order valence-corrected chi connectivity index (χ4v) is 6.49. The van der Waals surface area contributed by atoms with E-state index >= 15 is 0 Å². The predicted octanol–water partition coefficient (Wildman–Crippen LogP) is 0.634. The molecule has 1 heterocycles. The molecule has 5 N–H and O–H groups in total. The monoisotopic (exact) mass is 526 g/mol. The molecule has 2 saturated carbocycles. The molecular formula is C28H35BO9. The number of hydrogen-bond donors (Lipinski definition) is 5. The highest BCUT2D eigenvalue weighted by molar-refractivity contribution is 6.13. The first-order valence-corrected chi connectivity index (χ1v) is 12.7. The molecule has 4 rings (SSSR count). The van der Waals surface area contributed by atoms with Gasteiger partial charge in [-0.25, -0.2) is 4.79 Å². The lowest BCUT2D eigenvalue weighted by Gasteiger charge is -2.59. The van der Waals surface area contributed by atoms with E-state index in [9.17, 15) is 35.1 Å². The summed E-state index contributed by atoms with van der Waals surface area (Å²) in [4.78, 5) is 26.7. The van der Waals surface area contributed by atoms with Gasteiger partial charge in [-0.05, 0) is 55.8 Å². The topological polar surface area (TPSA) is 157 Å². The number of aliphatic hydroxyl groups excluding tert-OH is 2. The molecule has 1 aliphatic heterocycles. The van der Waals surface area contributed by atoms with E-state index in [1.165, 1.54) is 39.0 Å². The Morgan fingerprint density at radius 2 is 1.82 bits per heavy atom. The molecule has 0 spiro atoms. The number of rotatable bonds is 6. The Labute approximate surface area is 223 Å². The van der Waals surface area contributed by atoms with Gasteiger partial charge >= 0.3 is 5.97 Å². The molecule has 2 aliphatic carbocycles. The van der Waals surface area contributed by atoms with Gasteiger partial charge in [-0.1, -0.05) is 37.8 Å². The molecule has 1 aromatic rings. The number of ketones is 1. The van der Waals surface area contributed by atoms with Crippen LogP contribution in [0.5, 0.6) is 0 Å². The van der Waals surface area contributed by atoms with Crippen molar-refractivity contribution in [3.8, 4) is 0 Å². The zero-order valence-electron chi connectivity index (χ0n) is 22.0. The van der Waals surface area contributed by atoms with Gasteiger partial charge in [0, 0.05) is 6.42 Å². The standard InChI is InChI=1S/C28H35BO9/c1-6-15(4)20(31)26(35)12-25(34)16(5)19(29)28(36,14(2)3)22(37-23(32)17-10-8-7-9-11-17)18(25)21-27(13-30,38-21)24(26)33/h6-11,16,18-19,21-22,24,30,33-36H,2,12-13H2,1,3-5H3/b15-6-/t16-,18+,19-,21+,22-,24+,25-,26-,27+,28+/m1/s1. The average molecular weight is 526 g/mol. The average Bonchev–Trinajstić information content (AvgIpc) is 3.64. The first-order valence-electron chi connectivity index (χ1n) is 12.7. The molecule has 10 heteroatoms. The number of carbonyl (C=O) groups is 2. The first kappa shape index (κ1) is 28.7. The molecular weight excluding hydrogens is 491 g/mol. The van der Waals surface area contributed by atoms with Gasteiger partial charge in [0.2, 0.25) is 0 Å². The van der Waals surface area contributed by atoms with Gasteiger partial charge in [0.05, 0.1) is 31.5 Å². The molecule has 0 amide bonds. The molecule has 3 aliphatic rings. The van der Waals surface area contributed by atoms with Gasteiger partial charge < -0.3 is 35.0 Å². The van der Waals surface area contributed by atoms with Crippen molar-refractivity contribution in [2.24, 2.45) is 11.8 Å². The summed E-state index contributed by atoms with van der Waals surface area (Å²) in [5.41, 5.74) is -8.18. The van der Waals surface area contributed by atoms with Crippen molar-refractivity contribution in [2.45, 2.75) is 80.6 Å². The third-order valence-electron chi connectivity index (χ3n) is 9.10. The van der Waals surface area contributed by atoms with Crippen molar-refractivity contribution in [1.82, 2.24) is 0 Å². The summed E-state index contributed by atoms with van der Waals surface area (Å²) in [5, 5.41) is 57.8. The fourth-order valence-electron chi connectivity index (χ4n) is 6.49. The first-order chi connectivity index (χ1) is 17.7. The van der Waals surface area contributed by atoms with Crippen LogP contribution < -0.4 is 0 Å². The lowest BCUT2D eigenvalue weighted by molar-refractivity contribution is -0.230. The SMILES string of the molecule is [B][C@@H]1[C@@H](C)[C@]2(O)C[C@@](O)(C(=O)/C(C)=C\C)[C@H](O)[C@@]3(CO)O[C@H]3[C@H]2[C@@H](OC(=O)c2ccccc2)[C@]1(O)C(=C)C. The van der Waals surface area contributed by atoms with Crippen LogP contribution in [0, 0.1) is 11.8 Å². The lowest BCUT2D eigenvalue weighted by Crippen LogP contribution is -2.70. The van der Waals surface area contributed by atoms with Crippen molar-refractivity contribution in [1.29, 1.82) is 0 Å². The Morgan fingerprint density at radius 3 is 2.34 bits per heavy atom. The van der Waals surface area contributed by atoms with E-state index in [4.69, 9.17) is 17.3 Å². The molecule has 2 radical (unpaired) electrons. The number of esters is 1. The van der Waals surface area contributed by atoms with E-state index < -0.39 is 83.1 Å². The van der Waals surface area contributed by atoms with Crippen LogP contribution in [0.25, 0.3) is 0 Å². The Morgan fingerprint density at radius 1 is 1.21 bits per heavy atom. The van der Waals surface area contributed by atoms with Gasteiger partial charge in [-0.15, -0.1) is 0 Å². The Bertz CT molecular complexity index is 1170. The summed E-state index contributed by atoms with van der Waals surface area (Å²) in [5.74, 6) is -5.29. The molecule has 204 valence electrons. The van der Waals surface area contributed by atoms with Crippen LogP contribution >= 0.6 is 0 Å². The summed E-state index contributed by atoms with van der Waals surface area (Å²) in [6, 6.07) is 8.00. The number of aliphatic hydroxyl groups is 5. The normalized spacial score (nSPS) is 44.3. The summed E-state index contributed by atoms with van der Waals surface area (Å²) >= 11 is 0. The third-order valence-corrected chi connectivity index (χ3v) is 9.10. The summed E-state index contributed by atoms with van der Waals surface area (Å²) < 4.78 is 11.7. The summed E-state index contributed by atoms with van der Waals surface area (Å²) in [6.45, 7) is 9.14. The Hall–Kier alpha value is -2.34. The van der Waals surface area contributed by atoms with Gasteiger partial charge in [0.1, 0.15) is 29.5 Å². The van der Waals surface area contributed by atoms with Crippen LogP contribution in [-0.4, -0.2) is 92.5 Å². The maximum Gasteiger partial charge on any atom is 0.338 e. The highest BCUT2D eigenvalue weighted by Crippen LogP contribution is 2.64. The molecule has 38 heavy (non-hydrogen) atoms. The maximum absolute atomic E-state index is 13.4. The number of Topliss-reactive ketones (excluding diaryl/α,β-unsaturated/α-hetero) is 1. The molecule has 10 atom stereocenters. The molecule has 0 aromatic heterocycles. The van der Waals surface area contributed by atoms with Crippen molar-refractivity contribution in [2.75, 3.05) is 6.61 Å². The minimum atomic E-state index is -2.59. The Kier molecular flexibility index (Phi) is 7.09. The number of epoxide rings is 1. The largest absolute Gasteiger partial charge is 0.455 e. The zero-order chi connectivity index (χ0) is 28.4. The van der Waals surface area contributed by atoms with E-state index in [2.05, 4.69) is 6.58 Å². The zero-order valence-corrected chi connectivity index (χ0v) is 22.0. The number of benzene rings is 1. The number of ether oxygens (including phenoxy) is 2. The molecule has 9 nitrogen and oxygen atoms in total. The molecule has 0 unspecified atom stereocenters. The van der Waals surface area contributed by atoms with Crippen molar-refractivity contribution < 1.29 is 44.6 Å². The van der Waals surface area contributed by atoms with E-state index in [-0.39, 0.29) is 16.7 Å². The molecule has 3 fully saturated rings. The second-order valence-electron chi connectivity index (χ2n) is 11.1. The number of carbonyl (C=O) groups excluding carboxylic acids is 2. The van der Waals surface area contributed by atoms with E-state index in [0.717, 1.165) is 0 Å². The van der Waals surface area contributed by atoms with Crippen molar-refractivity contribution in [3.63, 3.8) is 0 Å². The van der Waals surface area contributed by atoms with Crippen molar-refractivity contribution in [3.05, 3.63) is 59.7 Å². The van der Waals surface area contributed by atoms with Crippen LogP contribution in [0.1, 0.15) is 44.5 Å². The number of fused-ring (bicyclic) bond motifs is 3. The molecule has 0 bridgehead atoms. The van der Waals surface area contributed by atoms with Crippen LogP contribution in [0.2, 0.25) is 5.82 Å². The minimum absolute atomic E-state index is 0.122. The lowest BCUT2D eigenvalue weighted by atomic mass is 9.47. The maximum atomic E-state index is 13.4. The van der Waals surface area contributed by atoms with Gasteiger partial charge in [-0.3, -0.25) is 4.79 Å². The Balaban J connectivity index is 1.92. The smallest absolute Gasteiger partial charge is 0.338 e. The minimum Gasteiger partial charge on any atom is -0.455 e. The van der Waals surface area contributed by atoms with Gasteiger partial charge in [0.25, 0.3) is 0 Å². The fraction of sp³-hybridized carbons (Fsp3) is 0.571. The molecule has 1 saturated heterocycles. The number of hydrogen-bond acceptors (Lipinski definition) is 9. The third kappa shape index (κ3) is 3.77. The predicted molar refractivity (Wildman–Crippen MR) is 137 cm³/mol. The van der Waals surface area contributed by atoms with Crippen LogP contribution in [0.15, 0.2) is 54.1 Å². The van der Waals surface area contributed by atoms with E-state index in [1.54, 1.807) is 25.1 Å². The van der Waals surface area contributed by atoms with Gasteiger partial charge in [-0.2, -0.15) is 0 Å². The highest BCUT2D eigenvalue weighted by Gasteiger charge is 2.81. The second kappa shape index (κ2) is 9.40. The number of allylic oxidation sites excluding steroid dienone is 1. The van der Waals surface area contributed by atoms with E-state index in [0.29, 0.717) is 0 Å². The van der Waals surface area contributed by atoms with Crippen molar-refractivity contribution >= 4 is 19.6 Å². The van der Waals surface area contributed by atoms with Crippen LogP contribution in [-0.2, 0) is 14.3 Å². The highest BCUT2D eigenvalue weighted by atomic mass is 16.6.